The maximum absolute atomic E-state index is 5.28. The molecule has 0 radical (unpaired) electrons. The van der Waals surface area contributed by atoms with Crippen molar-refractivity contribution in [3.8, 4) is 5.75 Å². The van der Waals surface area contributed by atoms with Crippen LogP contribution < -0.4 is 4.74 Å². The first-order valence-corrected chi connectivity index (χ1v) is 6.78. The van der Waals surface area contributed by atoms with Crippen LogP contribution in [0.3, 0.4) is 0 Å². The predicted molar refractivity (Wildman–Crippen MR) is 78.0 cm³/mol. The molecule has 0 saturated heterocycles. The number of nitrogens with one attached hydrogen (secondary N) is 1. The molecule has 1 heterocycles. The van der Waals surface area contributed by atoms with E-state index in [-0.39, 0.29) is 0 Å². The molecule has 0 aliphatic heterocycles. The second kappa shape index (κ2) is 6.02. The minimum Gasteiger partial charge on any atom is -0.497 e. The molecule has 102 valence electrons. The molecule has 19 heavy (non-hydrogen) atoms. The fourth-order valence-electron chi connectivity index (χ4n) is 2.00. The van der Waals surface area contributed by atoms with E-state index < -0.39 is 0 Å². The molecule has 0 unspecified atom stereocenters. The van der Waals surface area contributed by atoms with Gasteiger partial charge in [-0.25, -0.2) is 0 Å². The summed E-state index contributed by atoms with van der Waals surface area (Å²) in [5, 5.41) is 7.20. The number of nitrogens with zero attached hydrogens (tertiary/aromatic N) is 2. The van der Waals surface area contributed by atoms with Crippen molar-refractivity contribution in [1.29, 1.82) is 0 Å². The van der Waals surface area contributed by atoms with Crippen molar-refractivity contribution in [2.75, 3.05) is 7.11 Å². The highest BCUT2D eigenvalue weighted by atomic mass is 32.1. The molecular formula is C14H19N3OS. The van der Waals surface area contributed by atoms with E-state index in [1.54, 1.807) is 7.11 Å². The van der Waals surface area contributed by atoms with Crippen LogP contribution in [0.25, 0.3) is 0 Å². The molecule has 0 aliphatic rings. The highest BCUT2D eigenvalue weighted by Crippen LogP contribution is 2.16. The monoisotopic (exact) mass is 277 g/mol. The molecule has 2 rings (SSSR count). The minimum absolute atomic E-state index is 0.536. The summed E-state index contributed by atoms with van der Waals surface area (Å²) in [7, 11) is 1.67. The van der Waals surface area contributed by atoms with Crippen molar-refractivity contribution in [2.45, 2.75) is 26.8 Å². The fraction of sp³-hybridized carbons (Fsp3) is 0.429. The van der Waals surface area contributed by atoms with Crippen LogP contribution in [0.15, 0.2) is 24.3 Å². The maximum atomic E-state index is 5.28. The van der Waals surface area contributed by atoms with E-state index in [1.165, 1.54) is 5.56 Å². The van der Waals surface area contributed by atoms with Gasteiger partial charge >= 0.3 is 0 Å². The summed E-state index contributed by atoms with van der Waals surface area (Å²) in [6, 6.07) is 8.02. The van der Waals surface area contributed by atoms with Gasteiger partial charge in [-0.1, -0.05) is 26.0 Å². The number of aromatic nitrogens is 3. The van der Waals surface area contributed by atoms with Crippen molar-refractivity contribution >= 4 is 12.2 Å². The third-order valence-electron chi connectivity index (χ3n) is 2.88. The fourth-order valence-corrected chi connectivity index (χ4v) is 2.23. The molecule has 0 amide bonds. The van der Waals surface area contributed by atoms with Crippen LogP contribution in [0.4, 0.5) is 0 Å². The van der Waals surface area contributed by atoms with Gasteiger partial charge in [0.25, 0.3) is 0 Å². The van der Waals surface area contributed by atoms with Crippen molar-refractivity contribution < 1.29 is 4.74 Å². The van der Waals surface area contributed by atoms with Gasteiger partial charge in [-0.05, 0) is 35.8 Å². The Morgan fingerprint density at radius 2 is 2.21 bits per heavy atom. The molecule has 1 aromatic heterocycles. The van der Waals surface area contributed by atoms with Crippen molar-refractivity contribution in [2.24, 2.45) is 5.92 Å². The first kappa shape index (κ1) is 13.8. The Kier molecular flexibility index (Phi) is 4.37. The second-order valence-corrected chi connectivity index (χ2v) is 5.36. The summed E-state index contributed by atoms with van der Waals surface area (Å²) in [6.07, 6.45) is 0.747. The number of hydrogen-bond donors (Lipinski definition) is 1. The number of ether oxygens (including phenoxy) is 1. The summed E-state index contributed by atoms with van der Waals surface area (Å²) in [5.74, 6) is 2.36. The van der Waals surface area contributed by atoms with Gasteiger partial charge in [0, 0.05) is 13.0 Å². The van der Waals surface area contributed by atoms with E-state index in [2.05, 4.69) is 34.7 Å². The molecule has 0 fully saturated rings. The van der Waals surface area contributed by atoms with E-state index in [4.69, 9.17) is 17.0 Å². The largest absolute Gasteiger partial charge is 0.497 e. The number of aromatic amines is 1. The lowest BCUT2D eigenvalue weighted by molar-refractivity contribution is 0.414. The van der Waals surface area contributed by atoms with Crippen molar-refractivity contribution in [3.05, 3.63) is 40.4 Å². The quantitative estimate of drug-likeness (QED) is 0.853. The maximum Gasteiger partial charge on any atom is 0.195 e. The van der Waals surface area contributed by atoms with Crippen LogP contribution >= 0.6 is 12.2 Å². The standard InChI is InChI=1S/C14H19N3OS/c1-10(2)9-17-13(15-16-14(17)19)8-11-5-4-6-12(7-11)18-3/h4-7,10H,8-9H2,1-3H3,(H,16,19). The van der Waals surface area contributed by atoms with Gasteiger partial charge in [0.05, 0.1) is 7.11 Å². The number of benzene rings is 1. The Labute approximate surface area is 118 Å². The molecule has 1 aromatic carbocycles. The molecule has 2 aromatic rings. The third kappa shape index (κ3) is 3.44. The Morgan fingerprint density at radius 1 is 1.42 bits per heavy atom. The lowest BCUT2D eigenvalue weighted by atomic mass is 10.1. The average molecular weight is 277 g/mol. The van der Waals surface area contributed by atoms with Crippen LogP contribution in [-0.4, -0.2) is 21.9 Å². The summed E-state index contributed by atoms with van der Waals surface area (Å²) >= 11 is 5.28. The van der Waals surface area contributed by atoms with Gasteiger partial charge < -0.3 is 9.30 Å². The van der Waals surface area contributed by atoms with Gasteiger partial charge in [0.15, 0.2) is 4.77 Å². The molecule has 0 spiro atoms. The zero-order chi connectivity index (χ0) is 13.8. The summed E-state index contributed by atoms with van der Waals surface area (Å²) in [6.45, 7) is 5.23. The smallest absolute Gasteiger partial charge is 0.195 e. The van der Waals surface area contributed by atoms with Gasteiger partial charge in [-0.2, -0.15) is 5.10 Å². The Balaban J connectivity index is 2.25. The van der Waals surface area contributed by atoms with Gasteiger partial charge in [-0.3, -0.25) is 5.10 Å². The number of hydrogen-bond acceptors (Lipinski definition) is 3. The topological polar surface area (TPSA) is 42.8 Å². The molecule has 1 N–H and O–H groups in total. The highest BCUT2D eigenvalue weighted by Gasteiger charge is 2.09. The summed E-state index contributed by atoms with van der Waals surface area (Å²) < 4.78 is 7.99. The Morgan fingerprint density at radius 3 is 2.89 bits per heavy atom. The summed E-state index contributed by atoms with van der Waals surface area (Å²) in [4.78, 5) is 0. The Bertz CT molecular complexity index is 601. The lowest BCUT2D eigenvalue weighted by Crippen LogP contribution is -2.09. The van der Waals surface area contributed by atoms with Crippen LogP contribution in [-0.2, 0) is 13.0 Å². The average Bonchev–Trinajstić information content (AvgIpc) is 2.71. The van der Waals surface area contributed by atoms with Crippen LogP contribution in [0, 0.1) is 10.7 Å². The van der Waals surface area contributed by atoms with E-state index in [9.17, 15) is 0 Å². The molecule has 0 bridgehead atoms. The minimum atomic E-state index is 0.536. The van der Waals surface area contributed by atoms with Crippen LogP contribution in [0.1, 0.15) is 25.2 Å². The van der Waals surface area contributed by atoms with E-state index in [1.807, 2.05) is 18.2 Å². The van der Waals surface area contributed by atoms with Crippen molar-refractivity contribution in [1.82, 2.24) is 14.8 Å². The summed E-state index contributed by atoms with van der Waals surface area (Å²) in [5.41, 5.74) is 1.17. The van der Waals surface area contributed by atoms with Gasteiger partial charge in [0.1, 0.15) is 11.6 Å². The van der Waals surface area contributed by atoms with Crippen LogP contribution in [0.5, 0.6) is 5.75 Å². The van der Waals surface area contributed by atoms with Crippen LogP contribution in [0.2, 0.25) is 0 Å². The van der Waals surface area contributed by atoms with Gasteiger partial charge in [0.2, 0.25) is 0 Å². The SMILES string of the molecule is COc1cccc(Cc2n[nH]c(=S)n2CC(C)C)c1. The Hall–Kier alpha value is -1.62. The second-order valence-electron chi connectivity index (χ2n) is 4.98. The van der Waals surface area contributed by atoms with E-state index >= 15 is 0 Å². The highest BCUT2D eigenvalue weighted by molar-refractivity contribution is 7.71. The number of methoxy groups -OCH3 is 1. The zero-order valence-corrected chi connectivity index (χ0v) is 12.3. The molecule has 4 nitrogen and oxygen atoms in total. The molecule has 0 atom stereocenters. The van der Waals surface area contributed by atoms with E-state index in [0.29, 0.717) is 10.7 Å². The normalized spacial score (nSPS) is 10.9. The molecule has 0 saturated carbocycles. The number of H-pyrrole nitrogens is 1. The zero-order valence-electron chi connectivity index (χ0n) is 11.5. The predicted octanol–water partition coefficient (Wildman–Crippen LogP) is 3.20. The first-order valence-electron chi connectivity index (χ1n) is 6.37. The molecule has 0 aliphatic carbocycles. The molecular weight excluding hydrogens is 258 g/mol. The number of rotatable bonds is 5. The molecule has 5 heteroatoms. The lowest BCUT2D eigenvalue weighted by Gasteiger charge is -2.09. The van der Waals surface area contributed by atoms with E-state index in [0.717, 1.165) is 24.5 Å². The van der Waals surface area contributed by atoms with Gasteiger partial charge in [-0.15, -0.1) is 0 Å². The third-order valence-corrected chi connectivity index (χ3v) is 3.19. The van der Waals surface area contributed by atoms with Crippen molar-refractivity contribution in [3.63, 3.8) is 0 Å². The first-order chi connectivity index (χ1) is 9.10.